The average molecular weight is 596 g/mol. The van der Waals surface area contributed by atoms with Crippen LogP contribution < -0.4 is 10.1 Å². The van der Waals surface area contributed by atoms with Crippen LogP contribution in [-0.2, 0) is 20.5 Å². The molecule has 2 aromatic rings. The molecule has 0 aliphatic carbocycles. The molecule has 4 rings (SSSR count). The van der Waals surface area contributed by atoms with Gasteiger partial charge in [0.25, 0.3) is 5.91 Å². The number of esters is 1. The Morgan fingerprint density at radius 3 is 2.73 bits per heavy atom. The second-order valence-electron chi connectivity index (χ2n) is 7.92. The summed E-state index contributed by atoms with van der Waals surface area (Å²) in [5, 5.41) is 4.93. The number of amidine groups is 1. The van der Waals surface area contributed by atoms with Crippen LogP contribution in [0.25, 0.3) is 0 Å². The molecule has 2 aromatic carbocycles. The van der Waals surface area contributed by atoms with Crippen LogP contribution in [0.15, 0.2) is 74.8 Å². The number of amides is 1. The maximum Gasteiger partial charge on any atom is 0.416 e. The first kappa shape index (κ1) is 26.8. The van der Waals surface area contributed by atoms with Crippen molar-refractivity contribution in [3.05, 3.63) is 80.9 Å². The van der Waals surface area contributed by atoms with Crippen LogP contribution in [0.5, 0.6) is 5.75 Å². The van der Waals surface area contributed by atoms with E-state index in [9.17, 15) is 22.8 Å². The summed E-state index contributed by atoms with van der Waals surface area (Å²) in [7, 11) is 0. The smallest absolute Gasteiger partial charge is 0.416 e. The zero-order valence-corrected chi connectivity index (χ0v) is 22.0. The number of carbonyl (C=O) groups is 2. The number of halogens is 4. The van der Waals surface area contributed by atoms with Gasteiger partial charge in [0.05, 0.1) is 29.5 Å². The lowest BCUT2D eigenvalue weighted by atomic mass is 9.94. The molecule has 1 N–H and O–H groups in total. The molecule has 7 nitrogen and oxygen atoms in total. The van der Waals surface area contributed by atoms with E-state index in [4.69, 9.17) is 9.47 Å². The lowest BCUT2D eigenvalue weighted by Gasteiger charge is -2.34. The number of nitrogens with one attached hydrogen (secondary N) is 1. The van der Waals surface area contributed by atoms with E-state index in [1.165, 1.54) is 23.9 Å². The van der Waals surface area contributed by atoms with Gasteiger partial charge in [0.15, 0.2) is 11.8 Å². The zero-order valence-electron chi connectivity index (χ0n) is 19.6. The molecule has 37 heavy (non-hydrogen) atoms. The predicted octanol–water partition coefficient (Wildman–Crippen LogP) is 6.25. The number of carbonyl (C=O) groups excluding carboxylic acids is 2. The highest BCUT2D eigenvalue weighted by molar-refractivity contribution is 9.10. The van der Waals surface area contributed by atoms with Gasteiger partial charge in [-0.05, 0) is 55.7 Å². The number of fused-ring (bicyclic) bond motifs is 1. The normalized spacial score (nSPS) is 16.9. The van der Waals surface area contributed by atoms with E-state index < -0.39 is 36.3 Å². The summed E-state index contributed by atoms with van der Waals surface area (Å²) in [5.41, 5.74) is 0.521. The highest BCUT2D eigenvalue weighted by Crippen LogP contribution is 2.44. The van der Waals surface area contributed by atoms with E-state index >= 15 is 0 Å². The van der Waals surface area contributed by atoms with Gasteiger partial charge in [0, 0.05) is 21.9 Å². The number of alkyl halides is 3. The van der Waals surface area contributed by atoms with Gasteiger partial charge >= 0.3 is 12.1 Å². The Labute approximate surface area is 223 Å². The van der Waals surface area contributed by atoms with E-state index in [2.05, 4.69) is 26.2 Å². The Balaban J connectivity index is 1.60. The molecule has 0 radical (unpaired) electrons. The van der Waals surface area contributed by atoms with E-state index in [0.717, 1.165) is 12.1 Å². The van der Waals surface area contributed by atoms with Gasteiger partial charge in [-0.3, -0.25) is 4.79 Å². The number of anilines is 1. The molecule has 0 spiro atoms. The number of benzene rings is 2. The molecule has 2 aliphatic heterocycles. The quantitative estimate of drug-likeness (QED) is 0.381. The van der Waals surface area contributed by atoms with Crippen molar-refractivity contribution < 1.29 is 32.2 Å². The molecule has 0 saturated heterocycles. The van der Waals surface area contributed by atoms with Crippen molar-refractivity contribution in [1.82, 2.24) is 4.90 Å². The highest BCUT2D eigenvalue weighted by Gasteiger charge is 2.39. The summed E-state index contributed by atoms with van der Waals surface area (Å²) in [5.74, 6) is -0.854. The number of nitrogens with zero attached hydrogens (tertiary/aromatic N) is 2. The minimum absolute atomic E-state index is 0.00465. The Hall–Kier alpha value is -3.25. The molecular weight excluding hydrogens is 575 g/mol. The Bertz CT molecular complexity index is 1330. The fourth-order valence-corrected chi connectivity index (χ4v) is 5.02. The molecule has 1 atom stereocenters. The monoisotopic (exact) mass is 595 g/mol. The van der Waals surface area contributed by atoms with Crippen LogP contribution in [0, 0.1) is 0 Å². The summed E-state index contributed by atoms with van der Waals surface area (Å²) < 4.78 is 50.8. The van der Waals surface area contributed by atoms with E-state index in [0.29, 0.717) is 32.2 Å². The third kappa shape index (κ3) is 6.02. The summed E-state index contributed by atoms with van der Waals surface area (Å²) in [4.78, 5) is 31.8. The van der Waals surface area contributed by atoms with E-state index in [1.54, 1.807) is 38.2 Å². The second kappa shape index (κ2) is 11.0. The number of rotatable bonds is 7. The summed E-state index contributed by atoms with van der Waals surface area (Å²) in [6.45, 7) is 3.15. The summed E-state index contributed by atoms with van der Waals surface area (Å²) in [6.07, 6.45) is -2.73. The minimum Gasteiger partial charge on any atom is -0.483 e. The van der Waals surface area contributed by atoms with Gasteiger partial charge in [-0.1, -0.05) is 33.8 Å². The van der Waals surface area contributed by atoms with Crippen LogP contribution in [0.4, 0.5) is 18.9 Å². The minimum atomic E-state index is -4.53. The first-order valence-corrected chi connectivity index (χ1v) is 12.7. The van der Waals surface area contributed by atoms with Crippen LogP contribution in [0.3, 0.4) is 0 Å². The Kier molecular flexibility index (Phi) is 7.98. The largest absolute Gasteiger partial charge is 0.483 e. The number of allylic oxidation sites excluding steroid dienone is 1. The molecule has 0 fully saturated rings. The molecule has 0 saturated carbocycles. The predicted molar refractivity (Wildman–Crippen MR) is 138 cm³/mol. The fourth-order valence-electron chi connectivity index (χ4n) is 3.85. The third-order valence-corrected chi connectivity index (χ3v) is 6.68. The average Bonchev–Trinajstić information content (AvgIpc) is 3.30. The lowest BCUT2D eigenvalue weighted by molar-refractivity contribution is -0.139. The van der Waals surface area contributed by atoms with Crippen molar-refractivity contribution >= 4 is 50.4 Å². The first-order valence-electron chi connectivity index (χ1n) is 11.1. The first-order chi connectivity index (χ1) is 17.6. The maximum atomic E-state index is 13.0. The van der Waals surface area contributed by atoms with Gasteiger partial charge < -0.3 is 19.7 Å². The van der Waals surface area contributed by atoms with E-state index in [1.807, 2.05) is 10.3 Å². The van der Waals surface area contributed by atoms with Crippen molar-refractivity contribution in [3.63, 3.8) is 0 Å². The molecule has 194 valence electrons. The topological polar surface area (TPSA) is 80.2 Å². The molecule has 0 aromatic heterocycles. The lowest BCUT2D eigenvalue weighted by Crippen LogP contribution is -2.34. The SMILES string of the molecule is CCOC(=O)C1=C(C)N=C2SC=CN2[C@@H]1c1cc(Br)ccc1OCC(=O)Nc1cccc(C(F)(F)F)c1. The molecule has 0 unspecified atom stereocenters. The number of ether oxygens (including phenoxy) is 2. The van der Waals surface area contributed by atoms with Crippen molar-refractivity contribution in [2.45, 2.75) is 26.1 Å². The van der Waals surface area contributed by atoms with Crippen molar-refractivity contribution in [2.24, 2.45) is 4.99 Å². The van der Waals surface area contributed by atoms with Gasteiger partial charge in [-0.25, -0.2) is 9.79 Å². The molecule has 2 heterocycles. The third-order valence-electron chi connectivity index (χ3n) is 5.41. The summed E-state index contributed by atoms with van der Waals surface area (Å²) in [6, 6.07) is 8.84. The number of hydrogen-bond donors (Lipinski definition) is 1. The van der Waals surface area contributed by atoms with Crippen LogP contribution in [0.1, 0.15) is 31.0 Å². The van der Waals surface area contributed by atoms with E-state index in [-0.39, 0.29) is 12.3 Å². The van der Waals surface area contributed by atoms with Crippen molar-refractivity contribution in [1.29, 1.82) is 0 Å². The molecule has 0 bridgehead atoms. The maximum absolute atomic E-state index is 13.0. The van der Waals surface area contributed by atoms with Gasteiger partial charge in [-0.2, -0.15) is 13.2 Å². The summed E-state index contributed by atoms with van der Waals surface area (Å²) >= 11 is 4.85. The van der Waals surface area contributed by atoms with Crippen molar-refractivity contribution in [3.8, 4) is 5.75 Å². The Morgan fingerprint density at radius 2 is 2.00 bits per heavy atom. The molecular formula is C25H21BrF3N3O4S. The van der Waals surface area contributed by atoms with Gasteiger partial charge in [-0.15, -0.1) is 0 Å². The van der Waals surface area contributed by atoms with Gasteiger partial charge in [0.2, 0.25) is 0 Å². The second-order valence-corrected chi connectivity index (χ2v) is 9.71. The Morgan fingerprint density at radius 1 is 1.22 bits per heavy atom. The standard InChI is InChI=1S/C25H21BrF3N3O4S/c1-3-35-23(34)21-14(2)30-24-32(9-10-37-24)22(21)18-12-16(26)7-8-19(18)36-13-20(33)31-17-6-4-5-15(11-17)25(27,28)29/h4-12,22H,3,13H2,1-2H3,(H,31,33)/t22-/m1/s1. The number of aliphatic imine (C=N–C) groups is 1. The highest BCUT2D eigenvalue weighted by atomic mass is 79.9. The van der Waals surface area contributed by atoms with Crippen LogP contribution >= 0.6 is 27.7 Å². The van der Waals surface area contributed by atoms with Crippen LogP contribution in [-0.4, -0.2) is 35.2 Å². The molecule has 1 amide bonds. The van der Waals surface area contributed by atoms with Crippen molar-refractivity contribution in [2.75, 3.05) is 18.5 Å². The zero-order chi connectivity index (χ0) is 26.7. The number of hydrogen-bond acceptors (Lipinski definition) is 7. The molecule has 2 aliphatic rings. The number of thioether (sulfide) groups is 1. The van der Waals surface area contributed by atoms with Gasteiger partial charge in [0.1, 0.15) is 5.75 Å². The fraction of sp³-hybridized carbons (Fsp3) is 0.240. The molecule has 12 heteroatoms. The van der Waals surface area contributed by atoms with Crippen LogP contribution in [0.2, 0.25) is 0 Å².